The fourth-order valence-electron chi connectivity index (χ4n) is 4.23. The zero-order valence-electron chi connectivity index (χ0n) is 19.5. The normalized spacial score (nSPS) is 23.0. The summed E-state index contributed by atoms with van der Waals surface area (Å²) in [6, 6.07) is -0.341. The van der Waals surface area contributed by atoms with Crippen LogP contribution in [0.4, 0.5) is 36.4 Å². The van der Waals surface area contributed by atoms with Gasteiger partial charge in [0.05, 0.1) is 24.2 Å². The summed E-state index contributed by atoms with van der Waals surface area (Å²) < 4.78 is 43.5. The number of anilines is 4. The Morgan fingerprint density at radius 1 is 1.26 bits per heavy atom. The Morgan fingerprint density at radius 2 is 1.97 bits per heavy atom. The lowest BCUT2D eigenvalue weighted by atomic mass is 9.86. The summed E-state index contributed by atoms with van der Waals surface area (Å²) in [6.45, 7) is 3.63. The van der Waals surface area contributed by atoms with Gasteiger partial charge < -0.3 is 25.2 Å². The number of methoxy groups -OCH3 is 1. The average molecular weight is 480 g/mol. The number of rotatable bonds is 6. The SMILES string of the molecule is CO[C@H](C)[C@H]1C(=O)Nc2c(C)nc(NC3CC(N(C)c4cnc(C(F)(F)F)cn4)C3)nc2N1C. The number of ether oxygens (including phenoxy) is 1. The van der Waals surface area contributed by atoms with E-state index in [-0.39, 0.29) is 24.1 Å². The predicted octanol–water partition coefficient (Wildman–Crippen LogP) is 2.46. The Hall–Kier alpha value is -3.22. The number of aromatic nitrogens is 4. The Balaban J connectivity index is 1.41. The molecule has 0 aromatic carbocycles. The van der Waals surface area contributed by atoms with E-state index < -0.39 is 17.9 Å². The van der Waals surface area contributed by atoms with Crippen LogP contribution < -0.4 is 20.4 Å². The van der Waals surface area contributed by atoms with Gasteiger partial charge in [-0.3, -0.25) is 4.79 Å². The first kappa shape index (κ1) is 23.9. The highest BCUT2D eigenvalue weighted by atomic mass is 19.4. The Labute approximate surface area is 194 Å². The molecule has 0 bridgehead atoms. The van der Waals surface area contributed by atoms with E-state index >= 15 is 0 Å². The number of aryl methyl sites for hydroxylation is 1. The largest absolute Gasteiger partial charge is 0.434 e. The number of amides is 1. The molecule has 2 N–H and O–H groups in total. The molecule has 13 heteroatoms. The van der Waals surface area contributed by atoms with Gasteiger partial charge in [0.1, 0.15) is 17.5 Å². The number of carbonyl (C=O) groups is 1. The van der Waals surface area contributed by atoms with Gasteiger partial charge in [0.15, 0.2) is 11.5 Å². The third-order valence-corrected chi connectivity index (χ3v) is 6.44. The first-order chi connectivity index (χ1) is 16.0. The van der Waals surface area contributed by atoms with Crippen LogP contribution in [0.3, 0.4) is 0 Å². The maximum absolute atomic E-state index is 12.7. The van der Waals surface area contributed by atoms with Crippen molar-refractivity contribution in [3.8, 4) is 0 Å². The number of nitrogens with one attached hydrogen (secondary N) is 2. The van der Waals surface area contributed by atoms with Crippen molar-refractivity contribution in [2.24, 2.45) is 0 Å². The first-order valence-corrected chi connectivity index (χ1v) is 10.8. The minimum Gasteiger partial charge on any atom is -0.379 e. The smallest absolute Gasteiger partial charge is 0.379 e. The maximum atomic E-state index is 12.7. The molecular formula is C21H27F3N8O2. The van der Waals surface area contributed by atoms with Crippen LogP contribution in [0.2, 0.25) is 0 Å². The minimum absolute atomic E-state index is 0.0875. The molecule has 1 fully saturated rings. The van der Waals surface area contributed by atoms with Crippen molar-refractivity contribution in [1.29, 1.82) is 0 Å². The third-order valence-electron chi connectivity index (χ3n) is 6.44. The monoisotopic (exact) mass is 480 g/mol. The summed E-state index contributed by atoms with van der Waals surface area (Å²) in [5.41, 5.74) is 0.204. The highest BCUT2D eigenvalue weighted by Crippen LogP contribution is 2.35. The van der Waals surface area contributed by atoms with Crippen molar-refractivity contribution < 1.29 is 22.7 Å². The van der Waals surface area contributed by atoms with E-state index in [0.717, 1.165) is 25.2 Å². The van der Waals surface area contributed by atoms with Crippen molar-refractivity contribution in [2.75, 3.05) is 41.6 Å². The van der Waals surface area contributed by atoms with E-state index in [1.807, 2.05) is 11.8 Å². The van der Waals surface area contributed by atoms with Crippen LogP contribution >= 0.6 is 0 Å². The molecule has 0 unspecified atom stereocenters. The molecule has 2 aromatic heterocycles. The van der Waals surface area contributed by atoms with Crippen molar-refractivity contribution in [3.05, 3.63) is 23.8 Å². The number of hydrogen-bond donors (Lipinski definition) is 2. The second kappa shape index (κ2) is 8.85. The molecule has 0 spiro atoms. The van der Waals surface area contributed by atoms with Gasteiger partial charge in [-0.15, -0.1) is 0 Å². The molecule has 184 valence electrons. The quantitative estimate of drug-likeness (QED) is 0.645. The first-order valence-electron chi connectivity index (χ1n) is 10.8. The number of hydrogen-bond acceptors (Lipinski definition) is 9. The highest BCUT2D eigenvalue weighted by molar-refractivity contribution is 6.03. The summed E-state index contributed by atoms with van der Waals surface area (Å²) in [5.74, 6) is 1.26. The molecular weight excluding hydrogens is 453 g/mol. The zero-order valence-corrected chi connectivity index (χ0v) is 19.5. The fourth-order valence-corrected chi connectivity index (χ4v) is 4.23. The van der Waals surface area contributed by atoms with Crippen LogP contribution in [-0.2, 0) is 15.7 Å². The molecule has 4 rings (SSSR count). The summed E-state index contributed by atoms with van der Waals surface area (Å²) >= 11 is 0. The molecule has 0 radical (unpaired) electrons. The molecule has 1 aliphatic carbocycles. The lowest BCUT2D eigenvalue weighted by Gasteiger charge is -2.42. The number of nitrogens with zero attached hydrogens (tertiary/aromatic N) is 6. The summed E-state index contributed by atoms with van der Waals surface area (Å²) in [7, 11) is 5.14. The Bertz CT molecular complexity index is 1060. The number of alkyl halides is 3. The highest BCUT2D eigenvalue weighted by Gasteiger charge is 2.38. The molecule has 2 atom stereocenters. The molecule has 0 saturated heterocycles. The lowest BCUT2D eigenvalue weighted by molar-refractivity contribution is -0.141. The van der Waals surface area contributed by atoms with Gasteiger partial charge in [-0.1, -0.05) is 0 Å². The second-order valence-electron chi connectivity index (χ2n) is 8.65. The molecule has 1 amide bonds. The van der Waals surface area contributed by atoms with Gasteiger partial charge in [-0.25, -0.2) is 15.0 Å². The van der Waals surface area contributed by atoms with Crippen molar-refractivity contribution in [1.82, 2.24) is 19.9 Å². The topological polar surface area (TPSA) is 108 Å². The minimum atomic E-state index is -4.51. The standard InChI is InChI=1S/C21H27F3N8O2/c1-10-16-18(32(4)17(11(2)34-5)19(33)29-16)30-20(27-10)28-12-6-13(7-12)31(3)15-9-25-14(8-26-15)21(22,23)24/h8-9,11-13,17H,6-7H2,1-5H3,(H,29,33)(H,27,28,30)/t11-,12?,13?,17+/m1/s1. The Kier molecular flexibility index (Phi) is 6.23. The number of fused-ring (bicyclic) bond motifs is 1. The van der Waals surface area contributed by atoms with Crippen LogP contribution in [0.25, 0.3) is 0 Å². The molecule has 34 heavy (non-hydrogen) atoms. The van der Waals surface area contributed by atoms with Gasteiger partial charge in [0.2, 0.25) is 11.9 Å². The molecule has 10 nitrogen and oxygen atoms in total. The number of halogens is 3. The van der Waals surface area contributed by atoms with Gasteiger partial charge in [0, 0.05) is 33.3 Å². The van der Waals surface area contributed by atoms with Crippen molar-refractivity contribution >= 4 is 29.2 Å². The lowest BCUT2D eigenvalue weighted by Crippen LogP contribution is -2.53. The van der Waals surface area contributed by atoms with Crippen LogP contribution in [0.1, 0.15) is 31.2 Å². The van der Waals surface area contributed by atoms with Crippen molar-refractivity contribution in [3.63, 3.8) is 0 Å². The van der Waals surface area contributed by atoms with Crippen LogP contribution in [0.5, 0.6) is 0 Å². The van der Waals surface area contributed by atoms with Crippen LogP contribution in [0.15, 0.2) is 12.4 Å². The van der Waals surface area contributed by atoms with Gasteiger partial charge in [-0.05, 0) is 26.7 Å². The van der Waals surface area contributed by atoms with E-state index in [9.17, 15) is 18.0 Å². The average Bonchev–Trinajstić information content (AvgIpc) is 2.75. The summed E-state index contributed by atoms with van der Waals surface area (Å²) in [5, 5.41) is 6.20. The summed E-state index contributed by atoms with van der Waals surface area (Å²) in [4.78, 5) is 32.7. The Morgan fingerprint density at radius 3 is 2.56 bits per heavy atom. The van der Waals surface area contributed by atoms with Crippen molar-refractivity contribution in [2.45, 2.75) is 57.1 Å². The van der Waals surface area contributed by atoms with E-state index in [0.29, 0.717) is 29.0 Å². The number of carbonyl (C=O) groups excluding carboxylic acids is 1. The molecule has 1 aliphatic heterocycles. The number of likely N-dealkylation sites (N-methyl/N-ethyl adjacent to an activating group) is 1. The second-order valence-corrected chi connectivity index (χ2v) is 8.65. The van der Waals surface area contributed by atoms with Gasteiger partial charge in [-0.2, -0.15) is 18.2 Å². The van der Waals surface area contributed by atoms with E-state index in [1.165, 1.54) is 0 Å². The van der Waals surface area contributed by atoms with Crippen LogP contribution in [-0.4, -0.2) is 71.3 Å². The molecule has 3 heterocycles. The maximum Gasteiger partial charge on any atom is 0.434 e. The van der Waals surface area contributed by atoms with E-state index in [1.54, 1.807) is 33.0 Å². The van der Waals surface area contributed by atoms with Crippen LogP contribution in [0, 0.1) is 6.92 Å². The van der Waals surface area contributed by atoms with E-state index in [4.69, 9.17) is 4.74 Å². The zero-order chi connectivity index (χ0) is 24.8. The predicted molar refractivity (Wildman–Crippen MR) is 120 cm³/mol. The third kappa shape index (κ3) is 4.43. The van der Waals surface area contributed by atoms with E-state index in [2.05, 4.69) is 30.6 Å². The van der Waals surface area contributed by atoms with Gasteiger partial charge in [0.25, 0.3) is 0 Å². The molecule has 2 aromatic rings. The molecule has 1 saturated carbocycles. The molecule has 2 aliphatic rings. The fraction of sp³-hybridized carbons (Fsp3) is 0.571. The summed E-state index contributed by atoms with van der Waals surface area (Å²) in [6.07, 6.45) is -1.50. The van der Waals surface area contributed by atoms with Gasteiger partial charge >= 0.3 is 6.18 Å².